The predicted octanol–water partition coefficient (Wildman–Crippen LogP) is 1.85. The first-order valence-corrected chi connectivity index (χ1v) is 7.87. The highest BCUT2D eigenvalue weighted by atomic mass is 32.2. The Morgan fingerprint density at radius 3 is 2.53 bits per heavy atom. The molecular formula is C14H19NO3S. The lowest BCUT2D eigenvalue weighted by atomic mass is 10.1. The summed E-state index contributed by atoms with van der Waals surface area (Å²) >= 11 is 0. The van der Waals surface area contributed by atoms with Crippen LogP contribution in [0.15, 0.2) is 43.0 Å². The lowest BCUT2D eigenvalue weighted by molar-refractivity contribution is -0.118. The Labute approximate surface area is 114 Å². The smallest absolute Gasteiger partial charge is 0.235 e. The SMILES string of the molecule is C=CCNC(=O)CS(=O)(=O)[C@@H](CC)c1ccccc1. The summed E-state index contributed by atoms with van der Waals surface area (Å²) in [7, 11) is -3.50. The van der Waals surface area contributed by atoms with Crippen LogP contribution in [0.5, 0.6) is 0 Å². The van der Waals surface area contributed by atoms with E-state index in [1.54, 1.807) is 31.2 Å². The van der Waals surface area contributed by atoms with Gasteiger partial charge in [0, 0.05) is 6.54 Å². The number of hydrogen-bond donors (Lipinski definition) is 1. The van der Waals surface area contributed by atoms with Crippen molar-refractivity contribution in [3.63, 3.8) is 0 Å². The second-order valence-electron chi connectivity index (χ2n) is 4.21. The molecule has 0 bridgehead atoms. The van der Waals surface area contributed by atoms with Crippen molar-refractivity contribution < 1.29 is 13.2 Å². The number of carbonyl (C=O) groups is 1. The molecule has 1 N–H and O–H groups in total. The summed E-state index contributed by atoms with van der Waals surface area (Å²) in [4.78, 5) is 11.5. The van der Waals surface area contributed by atoms with Gasteiger partial charge in [-0.15, -0.1) is 6.58 Å². The van der Waals surface area contributed by atoms with Crippen LogP contribution in [0.3, 0.4) is 0 Å². The third kappa shape index (κ3) is 4.52. The number of nitrogens with one attached hydrogen (secondary N) is 1. The van der Waals surface area contributed by atoms with Crippen LogP contribution >= 0.6 is 0 Å². The number of benzene rings is 1. The number of sulfone groups is 1. The van der Waals surface area contributed by atoms with E-state index in [-0.39, 0.29) is 6.54 Å². The van der Waals surface area contributed by atoms with Gasteiger partial charge in [0.25, 0.3) is 0 Å². The van der Waals surface area contributed by atoms with E-state index < -0.39 is 26.7 Å². The standard InChI is InChI=1S/C14H19NO3S/c1-3-10-15-14(16)11-19(17,18)13(4-2)12-8-6-5-7-9-12/h3,5-9,13H,1,4,10-11H2,2H3,(H,15,16)/t13-/m0/s1. The molecule has 0 spiro atoms. The van der Waals surface area contributed by atoms with Crippen LogP contribution in [0.25, 0.3) is 0 Å². The second-order valence-corrected chi connectivity index (χ2v) is 6.39. The predicted molar refractivity (Wildman–Crippen MR) is 76.5 cm³/mol. The molecule has 0 saturated heterocycles. The third-order valence-electron chi connectivity index (χ3n) is 2.75. The zero-order chi connectivity index (χ0) is 14.3. The molecule has 0 aromatic heterocycles. The molecular weight excluding hydrogens is 262 g/mol. The fraction of sp³-hybridized carbons (Fsp3) is 0.357. The summed E-state index contributed by atoms with van der Waals surface area (Å²) in [5, 5.41) is 1.85. The van der Waals surface area contributed by atoms with Crippen LogP contribution < -0.4 is 5.32 Å². The van der Waals surface area contributed by atoms with Gasteiger partial charge >= 0.3 is 0 Å². The van der Waals surface area contributed by atoms with Crippen molar-refractivity contribution in [2.24, 2.45) is 0 Å². The topological polar surface area (TPSA) is 63.2 Å². The maximum atomic E-state index is 12.2. The number of hydrogen-bond acceptors (Lipinski definition) is 3. The zero-order valence-electron chi connectivity index (χ0n) is 11.0. The van der Waals surface area contributed by atoms with E-state index in [2.05, 4.69) is 11.9 Å². The molecule has 0 aliphatic carbocycles. The summed E-state index contributed by atoms with van der Waals surface area (Å²) in [6.45, 7) is 5.54. The Kier molecular flexibility index (Phi) is 5.76. The van der Waals surface area contributed by atoms with Gasteiger partial charge < -0.3 is 5.32 Å². The Morgan fingerprint density at radius 2 is 2.00 bits per heavy atom. The molecule has 1 amide bonds. The fourth-order valence-corrected chi connectivity index (χ4v) is 3.63. The van der Waals surface area contributed by atoms with Gasteiger partial charge in [0.05, 0.1) is 5.25 Å². The molecule has 1 rings (SSSR count). The Hall–Kier alpha value is -1.62. The van der Waals surface area contributed by atoms with Gasteiger partial charge in [0.2, 0.25) is 5.91 Å². The molecule has 0 heterocycles. The van der Waals surface area contributed by atoms with Crippen molar-refractivity contribution in [1.29, 1.82) is 0 Å². The third-order valence-corrected chi connectivity index (χ3v) is 4.89. The molecule has 1 atom stereocenters. The minimum absolute atomic E-state index is 0.274. The van der Waals surface area contributed by atoms with Crippen LogP contribution in [0, 0.1) is 0 Å². The molecule has 1 aromatic rings. The van der Waals surface area contributed by atoms with E-state index in [1.165, 1.54) is 6.08 Å². The van der Waals surface area contributed by atoms with Gasteiger partial charge in [-0.3, -0.25) is 4.79 Å². The molecule has 0 unspecified atom stereocenters. The van der Waals surface area contributed by atoms with Crippen molar-refractivity contribution in [3.05, 3.63) is 48.6 Å². The molecule has 19 heavy (non-hydrogen) atoms. The quantitative estimate of drug-likeness (QED) is 0.776. The summed E-state index contributed by atoms with van der Waals surface area (Å²) in [6.07, 6.45) is 1.96. The number of rotatable bonds is 7. The van der Waals surface area contributed by atoms with E-state index in [9.17, 15) is 13.2 Å². The van der Waals surface area contributed by atoms with E-state index in [4.69, 9.17) is 0 Å². The normalized spacial score (nSPS) is 12.7. The Balaban J connectivity index is 2.85. The summed E-state index contributed by atoms with van der Waals surface area (Å²) in [5.41, 5.74) is 0.724. The average molecular weight is 281 g/mol. The van der Waals surface area contributed by atoms with Gasteiger partial charge in [-0.05, 0) is 12.0 Å². The van der Waals surface area contributed by atoms with Gasteiger partial charge in [0.15, 0.2) is 9.84 Å². The molecule has 5 heteroatoms. The molecule has 1 aromatic carbocycles. The van der Waals surface area contributed by atoms with Crippen molar-refractivity contribution >= 4 is 15.7 Å². The number of carbonyl (C=O) groups excluding carboxylic acids is 1. The maximum Gasteiger partial charge on any atom is 0.235 e. The number of amides is 1. The fourth-order valence-electron chi connectivity index (χ4n) is 1.89. The first kappa shape index (κ1) is 15.4. The zero-order valence-corrected chi connectivity index (χ0v) is 11.8. The van der Waals surface area contributed by atoms with E-state index in [0.29, 0.717) is 6.42 Å². The van der Waals surface area contributed by atoms with Crippen LogP contribution in [0.1, 0.15) is 24.2 Å². The highest BCUT2D eigenvalue weighted by Gasteiger charge is 2.27. The molecule has 0 aliphatic rings. The van der Waals surface area contributed by atoms with Gasteiger partial charge in [-0.1, -0.05) is 43.3 Å². The van der Waals surface area contributed by atoms with Crippen molar-refractivity contribution in [2.45, 2.75) is 18.6 Å². The summed E-state index contributed by atoms with van der Waals surface area (Å²) in [6, 6.07) is 8.97. The largest absolute Gasteiger partial charge is 0.352 e. The molecule has 0 aliphatic heterocycles. The van der Waals surface area contributed by atoms with Crippen LogP contribution in [0.4, 0.5) is 0 Å². The first-order valence-electron chi connectivity index (χ1n) is 6.15. The molecule has 104 valence electrons. The van der Waals surface area contributed by atoms with Crippen LogP contribution in [-0.2, 0) is 14.6 Å². The van der Waals surface area contributed by atoms with Gasteiger partial charge in [0.1, 0.15) is 5.75 Å². The second kappa shape index (κ2) is 7.09. The van der Waals surface area contributed by atoms with E-state index >= 15 is 0 Å². The van der Waals surface area contributed by atoms with E-state index in [1.807, 2.05) is 6.07 Å². The molecule has 0 radical (unpaired) electrons. The van der Waals surface area contributed by atoms with Crippen LogP contribution in [-0.4, -0.2) is 26.6 Å². The van der Waals surface area contributed by atoms with Crippen molar-refractivity contribution in [2.75, 3.05) is 12.3 Å². The highest BCUT2D eigenvalue weighted by Crippen LogP contribution is 2.26. The lowest BCUT2D eigenvalue weighted by Crippen LogP contribution is -2.32. The summed E-state index contributed by atoms with van der Waals surface area (Å²) < 4.78 is 24.5. The molecule has 4 nitrogen and oxygen atoms in total. The Morgan fingerprint density at radius 1 is 1.37 bits per heavy atom. The average Bonchev–Trinajstić information content (AvgIpc) is 2.37. The van der Waals surface area contributed by atoms with Gasteiger partial charge in [-0.2, -0.15) is 0 Å². The van der Waals surface area contributed by atoms with Gasteiger partial charge in [-0.25, -0.2) is 8.42 Å². The monoisotopic (exact) mass is 281 g/mol. The van der Waals surface area contributed by atoms with E-state index in [0.717, 1.165) is 5.56 Å². The highest BCUT2D eigenvalue weighted by molar-refractivity contribution is 7.92. The molecule has 0 fully saturated rings. The molecule has 0 saturated carbocycles. The minimum atomic E-state index is -3.50. The maximum absolute atomic E-state index is 12.2. The minimum Gasteiger partial charge on any atom is -0.352 e. The first-order chi connectivity index (χ1) is 9.01. The lowest BCUT2D eigenvalue weighted by Gasteiger charge is -2.16. The van der Waals surface area contributed by atoms with Crippen molar-refractivity contribution in [3.8, 4) is 0 Å². The summed E-state index contributed by atoms with van der Waals surface area (Å²) in [5.74, 6) is -0.983. The van der Waals surface area contributed by atoms with Crippen molar-refractivity contribution in [1.82, 2.24) is 5.32 Å². The Bertz CT molecular complexity index is 523. The van der Waals surface area contributed by atoms with Crippen LogP contribution in [0.2, 0.25) is 0 Å².